The van der Waals surface area contributed by atoms with Gasteiger partial charge in [0.05, 0.1) is 35.3 Å². The first-order chi connectivity index (χ1) is 17.8. The van der Waals surface area contributed by atoms with Gasteiger partial charge in [-0.05, 0) is 47.5 Å². The van der Waals surface area contributed by atoms with E-state index in [-0.39, 0.29) is 23.3 Å². The topological polar surface area (TPSA) is 130 Å². The highest BCUT2D eigenvalue weighted by Gasteiger charge is 2.30. The summed E-state index contributed by atoms with van der Waals surface area (Å²) >= 11 is 0. The standard InChI is InChI=1S/C26H26N4O5S2/c1-35-21-4-2-3-18(13-21)28-25(31)15-20-14-24-23(9-11-27-26(24)29-20)17-5-7-22(8-6-17)37(33,34)30-19-10-12-36(32)16-19/h2-9,11,13-14,19,30H,10,12,15-16H2,1H3,(H,27,29)(H,28,31)/p+1. The molecule has 3 N–H and O–H groups in total. The second-order valence-corrected chi connectivity index (χ2v) is 12.4. The number of amides is 1. The summed E-state index contributed by atoms with van der Waals surface area (Å²) in [5.74, 6) is 1.41. The number of ether oxygens (including phenoxy) is 1. The van der Waals surface area contributed by atoms with Crippen molar-refractivity contribution >= 4 is 43.5 Å². The molecule has 2 unspecified atom stereocenters. The lowest BCUT2D eigenvalue weighted by Gasteiger charge is -2.11. The molecule has 192 valence electrons. The van der Waals surface area contributed by atoms with Crippen molar-refractivity contribution in [1.29, 1.82) is 0 Å². The van der Waals surface area contributed by atoms with E-state index in [1.807, 2.05) is 12.1 Å². The quantitative estimate of drug-likeness (QED) is 0.233. The van der Waals surface area contributed by atoms with Gasteiger partial charge in [0.2, 0.25) is 15.9 Å². The van der Waals surface area contributed by atoms with Gasteiger partial charge in [-0.3, -0.25) is 4.79 Å². The SMILES string of the molecule is COc1cccc(NC(=O)Cc2cc3c(-c4ccc(S(=O)(=O)NC5CC[SH+](=O)C5)cc4)ccnc3[nH]2)c1. The number of methoxy groups -OCH3 is 1. The molecule has 37 heavy (non-hydrogen) atoms. The van der Waals surface area contributed by atoms with Crippen molar-refractivity contribution < 1.29 is 22.2 Å². The summed E-state index contributed by atoms with van der Waals surface area (Å²) in [6.45, 7) is 0. The van der Waals surface area contributed by atoms with Gasteiger partial charge >= 0.3 is 0 Å². The monoisotopic (exact) mass is 539 g/mol. The van der Waals surface area contributed by atoms with Crippen LogP contribution in [0, 0.1) is 0 Å². The first kappa shape index (κ1) is 25.1. The molecule has 1 aliphatic heterocycles. The Morgan fingerprint density at radius 1 is 1.16 bits per heavy atom. The Morgan fingerprint density at radius 2 is 1.97 bits per heavy atom. The molecule has 0 bridgehead atoms. The molecule has 11 heteroatoms. The van der Waals surface area contributed by atoms with Crippen molar-refractivity contribution in [2.75, 3.05) is 23.9 Å². The number of thiol groups is 1. The Bertz CT molecular complexity index is 1580. The van der Waals surface area contributed by atoms with Crippen LogP contribution in [0.4, 0.5) is 5.69 Å². The summed E-state index contributed by atoms with van der Waals surface area (Å²) in [5, 5.41) is 3.69. The van der Waals surface area contributed by atoms with E-state index in [2.05, 4.69) is 20.0 Å². The number of sulfonamides is 1. The van der Waals surface area contributed by atoms with Crippen LogP contribution in [0.2, 0.25) is 0 Å². The predicted molar refractivity (Wildman–Crippen MR) is 145 cm³/mol. The van der Waals surface area contributed by atoms with Gasteiger partial charge in [0.1, 0.15) is 22.9 Å². The minimum atomic E-state index is -3.70. The molecule has 1 fully saturated rings. The molecular weight excluding hydrogens is 512 g/mol. The van der Waals surface area contributed by atoms with E-state index in [1.54, 1.807) is 61.8 Å². The summed E-state index contributed by atoms with van der Waals surface area (Å²) in [6.07, 6.45) is 2.39. The molecule has 2 aromatic carbocycles. The van der Waals surface area contributed by atoms with E-state index in [0.717, 1.165) is 16.5 Å². The number of benzene rings is 2. The molecule has 0 radical (unpaired) electrons. The highest BCUT2D eigenvalue weighted by molar-refractivity contribution is 7.89. The van der Waals surface area contributed by atoms with Gasteiger partial charge in [0.15, 0.2) is 0 Å². The maximum Gasteiger partial charge on any atom is 0.240 e. The van der Waals surface area contributed by atoms with Crippen molar-refractivity contribution in [3.8, 4) is 16.9 Å². The highest BCUT2D eigenvalue weighted by Crippen LogP contribution is 2.29. The number of anilines is 1. The fourth-order valence-corrected chi connectivity index (χ4v) is 7.37. The number of rotatable bonds is 8. The minimum Gasteiger partial charge on any atom is -0.497 e. The summed E-state index contributed by atoms with van der Waals surface area (Å²) in [4.78, 5) is 20.4. The van der Waals surface area contributed by atoms with Crippen LogP contribution < -0.4 is 14.8 Å². The first-order valence-electron chi connectivity index (χ1n) is 11.8. The predicted octanol–water partition coefficient (Wildman–Crippen LogP) is 3.17. The smallest absolute Gasteiger partial charge is 0.240 e. The molecule has 3 heterocycles. The molecule has 9 nitrogen and oxygen atoms in total. The Labute approximate surface area is 217 Å². The van der Waals surface area contributed by atoms with Crippen molar-refractivity contribution in [2.24, 2.45) is 0 Å². The van der Waals surface area contributed by atoms with Crippen LogP contribution in [0.25, 0.3) is 22.2 Å². The number of aromatic amines is 1. The normalized spacial score (nSPS) is 17.6. The fourth-order valence-electron chi connectivity index (χ4n) is 4.43. The van der Waals surface area contributed by atoms with Gasteiger partial charge < -0.3 is 15.0 Å². The van der Waals surface area contributed by atoms with Crippen LogP contribution >= 0.6 is 0 Å². The molecule has 2 atom stereocenters. The summed E-state index contributed by atoms with van der Waals surface area (Å²) in [7, 11) is -3.44. The molecule has 0 aliphatic carbocycles. The third-order valence-corrected chi connectivity index (χ3v) is 9.38. The molecule has 1 saturated heterocycles. The molecular formula is C26H27N4O5S2+. The number of nitrogens with zero attached hydrogens (tertiary/aromatic N) is 1. The molecule has 0 saturated carbocycles. The largest absolute Gasteiger partial charge is 0.497 e. The van der Waals surface area contributed by atoms with Crippen molar-refractivity contribution in [3.05, 3.63) is 72.6 Å². The number of aromatic nitrogens is 2. The van der Waals surface area contributed by atoms with E-state index in [9.17, 15) is 17.4 Å². The molecule has 2 aromatic heterocycles. The van der Waals surface area contributed by atoms with E-state index < -0.39 is 20.8 Å². The minimum absolute atomic E-state index is 0.128. The van der Waals surface area contributed by atoms with E-state index in [4.69, 9.17) is 4.74 Å². The van der Waals surface area contributed by atoms with E-state index >= 15 is 0 Å². The van der Waals surface area contributed by atoms with Crippen LogP contribution in [-0.4, -0.2) is 49.0 Å². The number of nitrogens with one attached hydrogen (secondary N) is 3. The zero-order valence-corrected chi connectivity index (χ0v) is 21.8. The lowest BCUT2D eigenvalue weighted by Crippen LogP contribution is -2.35. The van der Waals surface area contributed by atoms with Crippen LogP contribution in [0.1, 0.15) is 12.1 Å². The van der Waals surface area contributed by atoms with Crippen LogP contribution in [0.15, 0.2) is 71.8 Å². The molecule has 4 aromatic rings. The van der Waals surface area contributed by atoms with Crippen molar-refractivity contribution in [1.82, 2.24) is 14.7 Å². The number of hydrogen-bond donors (Lipinski definition) is 3. The third kappa shape index (κ3) is 5.74. The molecule has 5 rings (SSSR count). The number of pyridine rings is 1. The average molecular weight is 540 g/mol. The number of carbonyl (C=O) groups is 1. The lowest BCUT2D eigenvalue weighted by atomic mass is 10.0. The Morgan fingerprint density at radius 3 is 2.70 bits per heavy atom. The zero-order valence-electron chi connectivity index (χ0n) is 20.1. The second kappa shape index (κ2) is 10.4. The van der Waals surface area contributed by atoms with Crippen molar-refractivity contribution in [3.63, 3.8) is 0 Å². The summed E-state index contributed by atoms with van der Waals surface area (Å²) < 4.78 is 45.0. The molecule has 0 spiro atoms. The summed E-state index contributed by atoms with van der Waals surface area (Å²) in [5.41, 5.74) is 3.67. The number of carbonyl (C=O) groups excluding carboxylic acids is 1. The van der Waals surface area contributed by atoms with Gasteiger partial charge in [0, 0.05) is 35.5 Å². The van der Waals surface area contributed by atoms with E-state index in [0.29, 0.717) is 40.7 Å². The van der Waals surface area contributed by atoms with Crippen LogP contribution in [0.3, 0.4) is 0 Å². The van der Waals surface area contributed by atoms with Crippen molar-refractivity contribution in [2.45, 2.75) is 23.8 Å². The zero-order chi connectivity index (χ0) is 26.0. The first-order valence-corrected chi connectivity index (χ1v) is 14.9. The summed E-state index contributed by atoms with van der Waals surface area (Å²) in [6, 6.07) is 17.2. The Kier molecular flexibility index (Phi) is 7.09. The van der Waals surface area contributed by atoms with Gasteiger partial charge in [-0.2, -0.15) is 0 Å². The maximum atomic E-state index is 12.8. The lowest BCUT2D eigenvalue weighted by molar-refractivity contribution is -0.115. The maximum absolute atomic E-state index is 12.8. The Hall–Kier alpha value is -3.54. The van der Waals surface area contributed by atoms with Gasteiger partial charge in [-0.1, -0.05) is 18.2 Å². The molecule has 1 aliphatic rings. The van der Waals surface area contributed by atoms with E-state index in [1.165, 1.54) is 0 Å². The number of fused-ring (bicyclic) bond motifs is 1. The Balaban J connectivity index is 1.33. The third-order valence-electron chi connectivity index (χ3n) is 6.24. The fraction of sp³-hybridized carbons (Fsp3) is 0.231. The van der Waals surface area contributed by atoms with Crippen LogP contribution in [0.5, 0.6) is 5.75 Å². The number of H-pyrrole nitrogens is 1. The average Bonchev–Trinajstić information content (AvgIpc) is 3.48. The number of hydrogen-bond acceptors (Lipinski definition) is 6. The van der Waals surface area contributed by atoms with Gasteiger partial charge in [-0.15, -0.1) is 4.21 Å². The molecule has 1 amide bonds. The van der Waals surface area contributed by atoms with Gasteiger partial charge in [0.25, 0.3) is 0 Å². The van der Waals surface area contributed by atoms with Crippen LogP contribution in [-0.2, 0) is 36.2 Å². The second-order valence-electron chi connectivity index (χ2n) is 8.89. The van der Waals surface area contributed by atoms with Gasteiger partial charge in [-0.25, -0.2) is 18.1 Å². The highest BCUT2D eigenvalue weighted by atomic mass is 32.2.